The third kappa shape index (κ3) is 3.06. The quantitative estimate of drug-likeness (QED) is 0.735. The molecule has 0 bridgehead atoms. The summed E-state index contributed by atoms with van der Waals surface area (Å²) in [6.45, 7) is 0. The highest BCUT2D eigenvalue weighted by Gasteiger charge is 2.19. The van der Waals surface area contributed by atoms with E-state index < -0.39 is 16.0 Å². The molecular formula is C17H12ClNO4S. The minimum atomic E-state index is -3.95. The summed E-state index contributed by atoms with van der Waals surface area (Å²) in [5.41, 5.74) is 0.150. The number of benzene rings is 3. The van der Waals surface area contributed by atoms with Crippen LogP contribution in [0.5, 0.6) is 0 Å². The molecule has 0 fully saturated rings. The Kier molecular flexibility index (Phi) is 4.17. The van der Waals surface area contributed by atoms with Gasteiger partial charge in [-0.2, -0.15) is 0 Å². The molecule has 0 saturated heterocycles. The smallest absolute Gasteiger partial charge is 0.337 e. The zero-order valence-corrected chi connectivity index (χ0v) is 13.8. The third-order valence-corrected chi connectivity index (χ3v) is 5.21. The Hall–Kier alpha value is -2.57. The molecule has 2 N–H and O–H groups in total. The Balaban J connectivity index is 2.05. The number of aromatic carboxylic acids is 1. The van der Waals surface area contributed by atoms with Gasteiger partial charge in [0.05, 0.1) is 21.2 Å². The Morgan fingerprint density at radius 2 is 1.71 bits per heavy atom. The number of carboxylic acid groups (broad SMARTS) is 1. The van der Waals surface area contributed by atoms with Gasteiger partial charge in [-0.1, -0.05) is 48.0 Å². The number of fused-ring (bicyclic) bond motifs is 1. The van der Waals surface area contributed by atoms with Crippen molar-refractivity contribution in [3.05, 3.63) is 71.2 Å². The largest absolute Gasteiger partial charge is 0.478 e. The van der Waals surface area contributed by atoms with Crippen molar-refractivity contribution in [2.24, 2.45) is 0 Å². The highest BCUT2D eigenvalue weighted by Crippen LogP contribution is 2.27. The minimum absolute atomic E-state index is 0.0217. The average molecular weight is 362 g/mol. The van der Waals surface area contributed by atoms with Gasteiger partial charge in [-0.15, -0.1) is 0 Å². The fourth-order valence-corrected chi connectivity index (χ4v) is 3.66. The lowest BCUT2D eigenvalue weighted by Crippen LogP contribution is -2.14. The second kappa shape index (κ2) is 6.14. The molecular weight excluding hydrogens is 350 g/mol. The zero-order valence-electron chi connectivity index (χ0n) is 12.2. The second-order valence-electron chi connectivity index (χ2n) is 5.08. The molecule has 0 aliphatic rings. The maximum atomic E-state index is 12.6. The molecule has 5 nitrogen and oxygen atoms in total. The number of hydrogen-bond acceptors (Lipinski definition) is 3. The van der Waals surface area contributed by atoms with Crippen LogP contribution in [0.2, 0.25) is 5.02 Å². The van der Waals surface area contributed by atoms with Crippen LogP contribution in [0.3, 0.4) is 0 Å². The number of carbonyl (C=O) groups is 1. The van der Waals surface area contributed by atoms with Crippen molar-refractivity contribution in [2.45, 2.75) is 4.90 Å². The van der Waals surface area contributed by atoms with E-state index in [-0.39, 0.29) is 15.5 Å². The summed E-state index contributed by atoms with van der Waals surface area (Å²) >= 11 is 5.78. The number of rotatable bonds is 4. The van der Waals surface area contributed by atoms with Gasteiger partial charge in [0.2, 0.25) is 0 Å². The van der Waals surface area contributed by atoms with Crippen molar-refractivity contribution in [3.8, 4) is 0 Å². The van der Waals surface area contributed by atoms with Crippen LogP contribution in [-0.4, -0.2) is 19.5 Å². The second-order valence-corrected chi connectivity index (χ2v) is 7.17. The van der Waals surface area contributed by atoms with Gasteiger partial charge < -0.3 is 5.11 Å². The van der Waals surface area contributed by atoms with Gasteiger partial charge in [-0.3, -0.25) is 4.72 Å². The van der Waals surface area contributed by atoms with Crippen molar-refractivity contribution in [3.63, 3.8) is 0 Å². The van der Waals surface area contributed by atoms with Crippen molar-refractivity contribution in [2.75, 3.05) is 4.72 Å². The van der Waals surface area contributed by atoms with E-state index in [1.807, 2.05) is 24.3 Å². The summed E-state index contributed by atoms with van der Waals surface area (Å²) < 4.78 is 27.7. The van der Waals surface area contributed by atoms with Gasteiger partial charge >= 0.3 is 5.97 Å². The Morgan fingerprint density at radius 1 is 1.00 bits per heavy atom. The van der Waals surface area contributed by atoms with E-state index in [1.54, 1.807) is 18.2 Å². The maximum absolute atomic E-state index is 12.6. The summed E-state index contributed by atoms with van der Waals surface area (Å²) in [6, 6.07) is 16.2. The first-order valence-corrected chi connectivity index (χ1v) is 8.78. The summed E-state index contributed by atoms with van der Waals surface area (Å²) in [5.74, 6) is -1.29. The molecule has 3 aromatic rings. The van der Waals surface area contributed by atoms with Crippen LogP contribution in [0.25, 0.3) is 10.8 Å². The van der Waals surface area contributed by atoms with E-state index in [9.17, 15) is 13.2 Å². The lowest BCUT2D eigenvalue weighted by molar-refractivity contribution is 0.0697. The molecule has 3 aromatic carbocycles. The SMILES string of the molecule is O=C(O)c1cc(S(=O)(=O)Nc2cccc3ccccc23)ccc1Cl. The molecule has 0 aliphatic heterocycles. The van der Waals surface area contributed by atoms with Gasteiger partial charge in [-0.25, -0.2) is 13.2 Å². The van der Waals surface area contributed by atoms with E-state index in [4.69, 9.17) is 16.7 Å². The van der Waals surface area contributed by atoms with E-state index in [2.05, 4.69) is 4.72 Å². The molecule has 0 heterocycles. The lowest BCUT2D eigenvalue weighted by Gasteiger charge is -2.11. The first-order chi connectivity index (χ1) is 11.4. The van der Waals surface area contributed by atoms with Gasteiger partial charge in [0.1, 0.15) is 0 Å². The fourth-order valence-electron chi connectivity index (χ4n) is 2.35. The summed E-state index contributed by atoms with van der Waals surface area (Å²) in [7, 11) is -3.95. The van der Waals surface area contributed by atoms with Crippen LogP contribution in [0.1, 0.15) is 10.4 Å². The molecule has 0 amide bonds. The number of anilines is 1. The van der Waals surface area contributed by atoms with Gasteiger partial charge in [0.15, 0.2) is 0 Å². The van der Waals surface area contributed by atoms with Gasteiger partial charge in [0, 0.05) is 5.39 Å². The first kappa shape index (κ1) is 16.3. The Labute approximate surface area is 143 Å². The molecule has 3 rings (SSSR count). The normalized spacial score (nSPS) is 11.4. The maximum Gasteiger partial charge on any atom is 0.337 e. The van der Waals surface area contributed by atoms with Crippen molar-refractivity contribution < 1.29 is 18.3 Å². The van der Waals surface area contributed by atoms with E-state index in [0.717, 1.165) is 16.8 Å². The van der Waals surface area contributed by atoms with Gasteiger partial charge in [-0.05, 0) is 29.7 Å². The van der Waals surface area contributed by atoms with Crippen LogP contribution in [0.4, 0.5) is 5.69 Å². The summed E-state index contributed by atoms with van der Waals surface area (Å²) in [4.78, 5) is 11.0. The topological polar surface area (TPSA) is 83.5 Å². The average Bonchev–Trinajstić information content (AvgIpc) is 2.55. The number of halogens is 1. The van der Waals surface area contributed by atoms with E-state index in [1.165, 1.54) is 12.1 Å². The van der Waals surface area contributed by atoms with Crippen molar-refractivity contribution in [1.82, 2.24) is 0 Å². The predicted octanol–water partition coefficient (Wildman–Crippen LogP) is 3.99. The predicted molar refractivity (Wildman–Crippen MR) is 93.2 cm³/mol. The van der Waals surface area contributed by atoms with Crippen molar-refractivity contribution >= 4 is 44.1 Å². The number of nitrogens with one attached hydrogen (secondary N) is 1. The Bertz CT molecular complexity index is 1040. The van der Waals surface area contributed by atoms with Crippen molar-refractivity contribution in [1.29, 1.82) is 0 Å². The lowest BCUT2D eigenvalue weighted by atomic mass is 10.1. The van der Waals surface area contributed by atoms with E-state index in [0.29, 0.717) is 5.69 Å². The highest BCUT2D eigenvalue weighted by atomic mass is 35.5. The number of sulfonamides is 1. The summed E-state index contributed by atoms with van der Waals surface area (Å²) in [6.07, 6.45) is 0. The molecule has 24 heavy (non-hydrogen) atoms. The number of carboxylic acids is 1. The van der Waals surface area contributed by atoms with Crippen LogP contribution in [0.15, 0.2) is 65.6 Å². The molecule has 0 saturated carbocycles. The molecule has 7 heteroatoms. The third-order valence-electron chi connectivity index (χ3n) is 3.51. The van der Waals surface area contributed by atoms with Crippen LogP contribution < -0.4 is 4.72 Å². The molecule has 0 aliphatic carbocycles. The van der Waals surface area contributed by atoms with Gasteiger partial charge in [0.25, 0.3) is 10.0 Å². The molecule has 0 radical (unpaired) electrons. The molecule has 0 unspecified atom stereocenters. The molecule has 122 valence electrons. The minimum Gasteiger partial charge on any atom is -0.478 e. The molecule has 0 spiro atoms. The summed E-state index contributed by atoms with van der Waals surface area (Å²) in [5, 5.41) is 10.7. The highest BCUT2D eigenvalue weighted by molar-refractivity contribution is 7.92. The number of hydrogen-bond donors (Lipinski definition) is 2. The van der Waals surface area contributed by atoms with Crippen LogP contribution >= 0.6 is 11.6 Å². The first-order valence-electron chi connectivity index (χ1n) is 6.92. The molecule has 0 atom stereocenters. The standard InChI is InChI=1S/C17H12ClNO4S/c18-15-9-8-12(10-14(15)17(20)21)24(22,23)19-16-7-3-5-11-4-1-2-6-13(11)16/h1-10,19H,(H,20,21). The zero-order chi connectivity index (χ0) is 17.3. The van der Waals surface area contributed by atoms with Crippen LogP contribution in [-0.2, 0) is 10.0 Å². The monoisotopic (exact) mass is 361 g/mol. The Morgan fingerprint density at radius 3 is 2.46 bits per heavy atom. The van der Waals surface area contributed by atoms with Crippen LogP contribution in [0, 0.1) is 0 Å². The van der Waals surface area contributed by atoms with E-state index >= 15 is 0 Å². The fraction of sp³-hybridized carbons (Fsp3) is 0. The molecule has 0 aromatic heterocycles.